The van der Waals surface area contributed by atoms with Crippen molar-refractivity contribution >= 4 is 23.4 Å². The minimum Gasteiger partial charge on any atom is -0.332 e. The number of pyridine rings is 1. The van der Waals surface area contributed by atoms with Gasteiger partial charge >= 0.3 is 0 Å². The lowest BCUT2D eigenvalue weighted by Gasteiger charge is -2.12. The zero-order valence-electron chi connectivity index (χ0n) is 12.3. The van der Waals surface area contributed by atoms with Gasteiger partial charge in [0.05, 0.1) is 11.4 Å². The average Bonchev–Trinajstić information content (AvgIpc) is 3.19. The van der Waals surface area contributed by atoms with E-state index in [-0.39, 0.29) is 11.3 Å². The Morgan fingerprint density at radius 3 is 2.83 bits per heavy atom. The molecule has 0 saturated heterocycles. The van der Waals surface area contributed by atoms with Gasteiger partial charge in [0, 0.05) is 35.5 Å². The lowest BCUT2D eigenvalue weighted by atomic mass is 10.2. The number of benzene rings is 1. The topological polar surface area (TPSA) is 46.9 Å². The number of rotatable bonds is 3. The van der Waals surface area contributed by atoms with Crippen LogP contribution in [0.2, 0.25) is 0 Å². The standard InChI is InChI=1S/C18H15N3OS/c22-17(13-5-2-1-3-6-13)20-15-8-10-21-16(15)12-23-18(21)14-7-4-9-19-11-14/h1-11,18H,12H2,(H,20,22). The van der Waals surface area contributed by atoms with E-state index in [2.05, 4.69) is 20.9 Å². The van der Waals surface area contributed by atoms with E-state index >= 15 is 0 Å². The predicted molar refractivity (Wildman–Crippen MR) is 92.5 cm³/mol. The van der Waals surface area contributed by atoms with Crippen LogP contribution < -0.4 is 5.32 Å². The van der Waals surface area contributed by atoms with Crippen molar-refractivity contribution in [1.82, 2.24) is 9.55 Å². The van der Waals surface area contributed by atoms with E-state index in [1.165, 1.54) is 5.56 Å². The van der Waals surface area contributed by atoms with Crippen molar-refractivity contribution in [3.8, 4) is 0 Å². The largest absolute Gasteiger partial charge is 0.332 e. The molecular formula is C18H15N3OS. The Labute approximate surface area is 138 Å². The monoisotopic (exact) mass is 321 g/mol. The van der Waals surface area contributed by atoms with E-state index in [9.17, 15) is 4.79 Å². The van der Waals surface area contributed by atoms with Crippen molar-refractivity contribution in [1.29, 1.82) is 0 Å². The molecule has 0 spiro atoms. The summed E-state index contributed by atoms with van der Waals surface area (Å²) < 4.78 is 2.21. The van der Waals surface area contributed by atoms with E-state index in [0.717, 1.165) is 17.1 Å². The molecule has 0 bridgehead atoms. The average molecular weight is 321 g/mol. The summed E-state index contributed by atoms with van der Waals surface area (Å²) in [5.74, 6) is 0.797. The summed E-state index contributed by atoms with van der Waals surface area (Å²) in [4.78, 5) is 16.5. The Bertz CT molecular complexity index is 830. The van der Waals surface area contributed by atoms with E-state index in [1.807, 2.05) is 66.6 Å². The molecule has 114 valence electrons. The molecule has 3 aromatic rings. The van der Waals surface area contributed by atoms with Gasteiger partial charge in [0.2, 0.25) is 0 Å². The fourth-order valence-corrected chi connectivity index (χ4v) is 4.08. The normalized spacial score (nSPS) is 16.1. The minimum absolute atomic E-state index is 0.0746. The number of nitrogens with one attached hydrogen (secondary N) is 1. The molecule has 4 rings (SSSR count). The molecule has 0 aliphatic carbocycles. The highest BCUT2D eigenvalue weighted by Crippen LogP contribution is 2.43. The fourth-order valence-electron chi connectivity index (χ4n) is 2.77. The Balaban J connectivity index is 1.59. The van der Waals surface area contributed by atoms with Crippen molar-refractivity contribution in [3.63, 3.8) is 0 Å². The summed E-state index contributed by atoms with van der Waals surface area (Å²) in [6.07, 6.45) is 5.72. The first kappa shape index (κ1) is 14.1. The van der Waals surface area contributed by atoms with Crippen LogP contribution >= 0.6 is 11.8 Å². The number of fused-ring (bicyclic) bond motifs is 1. The van der Waals surface area contributed by atoms with Crippen molar-refractivity contribution in [2.75, 3.05) is 5.32 Å². The fraction of sp³-hybridized carbons (Fsp3) is 0.111. The van der Waals surface area contributed by atoms with Gasteiger partial charge < -0.3 is 9.88 Å². The lowest BCUT2D eigenvalue weighted by molar-refractivity contribution is 0.102. The van der Waals surface area contributed by atoms with E-state index < -0.39 is 0 Å². The Hall–Kier alpha value is -2.53. The first-order valence-corrected chi connectivity index (χ1v) is 8.45. The maximum atomic E-state index is 12.3. The Kier molecular flexibility index (Phi) is 3.63. The Morgan fingerprint density at radius 2 is 2.04 bits per heavy atom. The molecule has 1 aliphatic heterocycles. The lowest BCUT2D eigenvalue weighted by Crippen LogP contribution is -2.12. The van der Waals surface area contributed by atoms with Gasteiger partial charge in [-0.1, -0.05) is 24.3 Å². The maximum absolute atomic E-state index is 12.3. The third-order valence-corrected chi connectivity index (χ3v) is 5.16. The third-order valence-electron chi connectivity index (χ3n) is 3.91. The molecule has 2 aromatic heterocycles. The molecule has 1 atom stereocenters. The predicted octanol–water partition coefficient (Wildman–Crippen LogP) is 3.93. The van der Waals surface area contributed by atoms with Crippen molar-refractivity contribution in [3.05, 3.63) is 83.9 Å². The van der Waals surface area contributed by atoms with Crippen molar-refractivity contribution in [2.45, 2.75) is 11.1 Å². The molecule has 0 saturated carbocycles. The van der Waals surface area contributed by atoms with Gasteiger partial charge in [0.25, 0.3) is 5.91 Å². The molecule has 23 heavy (non-hydrogen) atoms. The van der Waals surface area contributed by atoms with Gasteiger partial charge in [-0.25, -0.2) is 0 Å². The number of nitrogens with zero attached hydrogens (tertiary/aromatic N) is 2. The van der Waals surface area contributed by atoms with Crippen LogP contribution in [0.4, 0.5) is 5.69 Å². The van der Waals surface area contributed by atoms with Gasteiger partial charge in [-0.15, -0.1) is 11.8 Å². The number of carbonyl (C=O) groups excluding carboxylic acids is 1. The zero-order valence-corrected chi connectivity index (χ0v) is 13.2. The van der Waals surface area contributed by atoms with Gasteiger partial charge in [-0.3, -0.25) is 9.78 Å². The van der Waals surface area contributed by atoms with E-state index in [1.54, 1.807) is 6.20 Å². The summed E-state index contributed by atoms with van der Waals surface area (Å²) in [5, 5.41) is 3.25. The first-order chi connectivity index (χ1) is 11.3. The zero-order chi connectivity index (χ0) is 15.6. The molecule has 1 aliphatic rings. The molecule has 1 amide bonds. The molecule has 1 unspecified atom stereocenters. The first-order valence-electron chi connectivity index (χ1n) is 7.40. The van der Waals surface area contributed by atoms with Crippen LogP contribution in [0.5, 0.6) is 0 Å². The van der Waals surface area contributed by atoms with Crippen LogP contribution in [0.15, 0.2) is 67.1 Å². The number of aromatic nitrogens is 2. The number of hydrogen-bond donors (Lipinski definition) is 1. The molecular weight excluding hydrogens is 306 g/mol. The smallest absolute Gasteiger partial charge is 0.255 e. The molecule has 1 N–H and O–H groups in total. The minimum atomic E-state index is -0.0746. The SMILES string of the molecule is O=C(Nc1ccn2c1CSC2c1cccnc1)c1ccccc1. The number of carbonyl (C=O) groups is 1. The van der Waals surface area contributed by atoms with Crippen LogP contribution in [0.3, 0.4) is 0 Å². The van der Waals surface area contributed by atoms with Gasteiger partial charge in [0.1, 0.15) is 5.37 Å². The summed E-state index contributed by atoms with van der Waals surface area (Å²) in [7, 11) is 0. The summed E-state index contributed by atoms with van der Waals surface area (Å²) in [6.45, 7) is 0. The number of amides is 1. The maximum Gasteiger partial charge on any atom is 0.255 e. The second-order valence-electron chi connectivity index (χ2n) is 5.35. The second kappa shape index (κ2) is 5.93. The molecule has 5 heteroatoms. The van der Waals surface area contributed by atoms with Crippen molar-refractivity contribution in [2.24, 2.45) is 0 Å². The number of hydrogen-bond acceptors (Lipinski definition) is 3. The third kappa shape index (κ3) is 2.64. The summed E-state index contributed by atoms with van der Waals surface area (Å²) in [5.41, 5.74) is 3.88. The number of thioether (sulfide) groups is 1. The number of anilines is 1. The molecule has 0 fully saturated rings. The Morgan fingerprint density at radius 1 is 1.17 bits per heavy atom. The second-order valence-corrected chi connectivity index (χ2v) is 6.42. The quantitative estimate of drug-likeness (QED) is 0.795. The van der Waals surface area contributed by atoms with Crippen LogP contribution in [0.1, 0.15) is 27.0 Å². The highest BCUT2D eigenvalue weighted by atomic mass is 32.2. The van der Waals surface area contributed by atoms with E-state index in [4.69, 9.17) is 0 Å². The van der Waals surface area contributed by atoms with Crippen molar-refractivity contribution < 1.29 is 4.79 Å². The van der Waals surface area contributed by atoms with Crippen LogP contribution in [-0.2, 0) is 5.75 Å². The molecule has 0 radical (unpaired) electrons. The summed E-state index contributed by atoms with van der Waals surface area (Å²) >= 11 is 1.84. The summed E-state index contributed by atoms with van der Waals surface area (Å²) in [6, 6.07) is 15.3. The van der Waals surface area contributed by atoms with Gasteiger partial charge in [-0.2, -0.15) is 0 Å². The van der Waals surface area contributed by atoms with Gasteiger partial charge in [-0.05, 0) is 24.3 Å². The van der Waals surface area contributed by atoms with Gasteiger partial charge in [0.15, 0.2) is 0 Å². The van der Waals surface area contributed by atoms with Crippen LogP contribution in [-0.4, -0.2) is 15.5 Å². The van der Waals surface area contributed by atoms with E-state index in [0.29, 0.717) is 5.56 Å². The molecule has 4 nitrogen and oxygen atoms in total. The highest BCUT2D eigenvalue weighted by Gasteiger charge is 2.26. The molecule has 3 heterocycles. The highest BCUT2D eigenvalue weighted by molar-refractivity contribution is 7.99. The molecule has 1 aromatic carbocycles. The van der Waals surface area contributed by atoms with Crippen LogP contribution in [0, 0.1) is 0 Å². The van der Waals surface area contributed by atoms with Crippen LogP contribution in [0.25, 0.3) is 0 Å².